The van der Waals surface area contributed by atoms with E-state index in [1.165, 1.54) is 0 Å². The van der Waals surface area contributed by atoms with Crippen LogP contribution < -0.4 is 5.32 Å². The molecule has 0 fully saturated rings. The molecule has 1 rings (SSSR count). The number of aromatic nitrogens is 2. The summed E-state index contributed by atoms with van der Waals surface area (Å²) >= 11 is 0. The largest absolute Gasteiger partial charge is 0.355 e. The van der Waals surface area contributed by atoms with Crippen LogP contribution in [0.2, 0.25) is 0 Å². The predicted octanol–water partition coefficient (Wildman–Crippen LogP) is 2.28. The maximum atomic E-state index is 11.1. The molecular weight excluding hydrogens is 234 g/mol. The smallest absolute Gasteiger partial charge is 0.203 e. The fourth-order valence-corrected chi connectivity index (χ4v) is 2.25. The first kappa shape index (κ1) is 14.2. The van der Waals surface area contributed by atoms with Crippen LogP contribution in [-0.2, 0) is 10.8 Å². The molecule has 0 amide bonds. The minimum Gasteiger partial charge on any atom is -0.355 e. The van der Waals surface area contributed by atoms with Gasteiger partial charge < -0.3 is 9.88 Å². The molecular formula is C12H23N3OS. The van der Waals surface area contributed by atoms with E-state index in [0.29, 0.717) is 12.0 Å². The molecule has 0 aliphatic rings. The Hall–Kier alpha value is -0.840. The van der Waals surface area contributed by atoms with Gasteiger partial charge in [0.1, 0.15) is 0 Å². The second kappa shape index (κ2) is 6.79. The quantitative estimate of drug-likeness (QED) is 0.815. The summed E-state index contributed by atoms with van der Waals surface area (Å²) in [5.74, 6) is 2.25. The highest BCUT2D eigenvalue weighted by Gasteiger charge is 2.10. The molecule has 98 valence electrons. The van der Waals surface area contributed by atoms with Crippen molar-refractivity contribution in [2.24, 2.45) is 5.92 Å². The van der Waals surface area contributed by atoms with Crippen LogP contribution in [0.4, 0.5) is 5.95 Å². The molecule has 4 nitrogen and oxygen atoms in total. The molecule has 1 aromatic heterocycles. The summed E-state index contributed by atoms with van der Waals surface area (Å²) in [5, 5.41) is 3.34. The zero-order valence-electron chi connectivity index (χ0n) is 11.1. The van der Waals surface area contributed by atoms with Gasteiger partial charge in [-0.1, -0.05) is 13.8 Å². The van der Waals surface area contributed by atoms with Crippen molar-refractivity contribution in [2.75, 3.05) is 23.9 Å². The van der Waals surface area contributed by atoms with E-state index in [4.69, 9.17) is 0 Å². The summed E-state index contributed by atoms with van der Waals surface area (Å²) in [5.41, 5.74) is 0. The average molecular weight is 257 g/mol. The predicted molar refractivity (Wildman–Crippen MR) is 73.8 cm³/mol. The number of rotatable bonds is 7. The Morgan fingerprint density at radius 1 is 1.47 bits per heavy atom. The highest BCUT2D eigenvalue weighted by molar-refractivity contribution is 7.84. The van der Waals surface area contributed by atoms with Gasteiger partial charge in [-0.05, 0) is 19.3 Å². The van der Waals surface area contributed by atoms with Crippen LogP contribution in [0.15, 0.2) is 12.4 Å². The zero-order chi connectivity index (χ0) is 12.8. The van der Waals surface area contributed by atoms with E-state index in [-0.39, 0.29) is 0 Å². The topological polar surface area (TPSA) is 46.9 Å². The molecule has 0 saturated carbocycles. The van der Waals surface area contributed by atoms with Crippen molar-refractivity contribution in [2.45, 2.75) is 33.2 Å². The van der Waals surface area contributed by atoms with Crippen molar-refractivity contribution >= 4 is 16.7 Å². The highest BCUT2D eigenvalue weighted by atomic mass is 32.2. The Balaban J connectivity index is 2.57. The van der Waals surface area contributed by atoms with Crippen molar-refractivity contribution < 1.29 is 4.21 Å². The molecule has 1 heterocycles. The third kappa shape index (κ3) is 4.89. The standard InChI is InChI=1S/C12H23N3OS/c1-10(2)9-14-12-13-6-7-15(12)11(3)5-8-17(4)16/h6-7,10-11H,5,8-9H2,1-4H3,(H,13,14). The lowest BCUT2D eigenvalue weighted by Crippen LogP contribution is -2.15. The lowest BCUT2D eigenvalue weighted by molar-refractivity contribution is 0.533. The Morgan fingerprint density at radius 3 is 2.76 bits per heavy atom. The Bertz CT molecular complexity index is 362. The minimum absolute atomic E-state index is 0.330. The van der Waals surface area contributed by atoms with Crippen LogP contribution in [0, 0.1) is 5.92 Å². The summed E-state index contributed by atoms with van der Waals surface area (Å²) in [6.07, 6.45) is 6.45. The van der Waals surface area contributed by atoms with Gasteiger partial charge in [-0.3, -0.25) is 4.21 Å². The lowest BCUT2D eigenvalue weighted by Gasteiger charge is -2.17. The van der Waals surface area contributed by atoms with E-state index in [2.05, 4.69) is 35.6 Å². The number of hydrogen-bond acceptors (Lipinski definition) is 3. The van der Waals surface area contributed by atoms with Gasteiger partial charge in [-0.2, -0.15) is 0 Å². The third-order valence-electron chi connectivity index (χ3n) is 2.64. The van der Waals surface area contributed by atoms with Crippen molar-refractivity contribution in [3.63, 3.8) is 0 Å². The molecule has 0 saturated heterocycles. The summed E-state index contributed by atoms with van der Waals surface area (Å²) in [6, 6.07) is 0.330. The first-order valence-corrected chi connectivity index (χ1v) is 7.80. The van der Waals surface area contributed by atoms with Gasteiger partial charge >= 0.3 is 0 Å². The molecule has 0 aliphatic heterocycles. The molecule has 0 radical (unpaired) electrons. The maximum absolute atomic E-state index is 11.1. The van der Waals surface area contributed by atoms with Crippen LogP contribution >= 0.6 is 0 Å². The van der Waals surface area contributed by atoms with Gasteiger partial charge in [0.25, 0.3) is 0 Å². The van der Waals surface area contributed by atoms with Gasteiger partial charge in [-0.15, -0.1) is 0 Å². The summed E-state index contributed by atoms with van der Waals surface area (Å²) < 4.78 is 13.2. The highest BCUT2D eigenvalue weighted by Crippen LogP contribution is 2.17. The van der Waals surface area contributed by atoms with E-state index >= 15 is 0 Å². The van der Waals surface area contributed by atoms with Gasteiger partial charge in [0, 0.05) is 47.8 Å². The zero-order valence-corrected chi connectivity index (χ0v) is 12.0. The fourth-order valence-electron chi connectivity index (χ4n) is 1.58. The third-order valence-corrected chi connectivity index (χ3v) is 3.45. The second-order valence-electron chi connectivity index (χ2n) is 4.85. The number of anilines is 1. The fraction of sp³-hybridized carbons (Fsp3) is 0.750. The number of nitrogens with zero attached hydrogens (tertiary/aromatic N) is 2. The molecule has 0 spiro atoms. The van der Waals surface area contributed by atoms with Crippen LogP contribution in [-0.4, -0.2) is 32.3 Å². The second-order valence-corrected chi connectivity index (χ2v) is 6.40. The maximum Gasteiger partial charge on any atom is 0.203 e. The summed E-state index contributed by atoms with van der Waals surface area (Å²) in [4.78, 5) is 4.31. The molecule has 17 heavy (non-hydrogen) atoms. The lowest BCUT2D eigenvalue weighted by atomic mass is 10.2. The van der Waals surface area contributed by atoms with Crippen molar-refractivity contribution in [3.8, 4) is 0 Å². The van der Waals surface area contributed by atoms with Crippen molar-refractivity contribution in [1.29, 1.82) is 0 Å². The average Bonchev–Trinajstić information content (AvgIpc) is 2.71. The molecule has 5 heteroatoms. The Labute approximate surface area is 106 Å². The van der Waals surface area contributed by atoms with Gasteiger partial charge in [0.05, 0.1) is 0 Å². The first-order chi connectivity index (χ1) is 8.00. The van der Waals surface area contributed by atoms with E-state index < -0.39 is 10.8 Å². The summed E-state index contributed by atoms with van der Waals surface area (Å²) in [6.45, 7) is 7.40. The molecule has 0 aromatic carbocycles. The molecule has 1 aromatic rings. The Morgan fingerprint density at radius 2 is 2.18 bits per heavy atom. The van der Waals surface area contributed by atoms with Gasteiger partial charge in [0.15, 0.2) is 0 Å². The van der Waals surface area contributed by atoms with Crippen LogP contribution in [0.25, 0.3) is 0 Å². The van der Waals surface area contributed by atoms with E-state index in [9.17, 15) is 4.21 Å². The van der Waals surface area contributed by atoms with Crippen LogP contribution in [0.3, 0.4) is 0 Å². The SMILES string of the molecule is CC(C)CNc1nccn1C(C)CCS(C)=O. The Kier molecular flexibility index (Phi) is 5.68. The van der Waals surface area contributed by atoms with E-state index in [1.54, 1.807) is 6.26 Å². The number of imidazole rings is 1. The normalized spacial score (nSPS) is 14.9. The first-order valence-electron chi connectivity index (χ1n) is 6.07. The van der Waals surface area contributed by atoms with Crippen molar-refractivity contribution in [1.82, 2.24) is 9.55 Å². The monoisotopic (exact) mass is 257 g/mol. The molecule has 0 bridgehead atoms. The van der Waals surface area contributed by atoms with E-state index in [1.807, 2.05) is 12.4 Å². The summed E-state index contributed by atoms with van der Waals surface area (Å²) in [7, 11) is -0.720. The van der Waals surface area contributed by atoms with Gasteiger partial charge in [-0.25, -0.2) is 4.98 Å². The minimum atomic E-state index is -0.720. The molecule has 2 unspecified atom stereocenters. The van der Waals surface area contributed by atoms with E-state index in [0.717, 1.165) is 24.7 Å². The molecule has 0 aliphatic carbocycles. The number of hydrogen-bond donors (Lipinski definition) is 1. The van der Waals surface area contributed by atoms with Crippen LogP contribution in [0.5, 0.6) is 0 Å². The van der Waals surface area contributed by atoms with Gasteiger partial charge in [0.2, 0.25) is 5.95 Å². The number of nitrogens with one attached hydrogen (secondary N) is 1. The van der Waals surface area contributed by atoms with Crippen LogP contribution in [0.1, 0.15) is 33.2 Å². The molecule has 2 atom stereocenters. The van der Waals surface area contributed by atoms with Crippen molar-refractivity contribution in [3.05, 3.63) is 12.4 Å². The molecule has 1 N–H and O–H groups in total.